The molecule has 1 atom stereocenters. The van der Waals surface area contributed by atoms with Crippen molar-refractivity contribution >= 4 is 0 Å². The first-order valence-corrected chi connectivity index (χ1v) is 4.36. The fourth-order valence-electron chi connectivity index (χ4n) is 2.07. The molecule has 1 aromatic heterocycles. The summed E-state index contributed by atoms with van der Waals surface area (Å²) in [5, 5.41) is 6.98. The number of fused-ring (bicyclic) bond motifs is 1. The summed E-state index contributed by atoms with van der Waals surface area (Å²) in [5.41, 5.74) is 8.75. The number of hydrogen-bond donors (Lipinski definition) is 2. The van der Waals surface area contributed by atoms with E-state index >= 15 is 0 Å². The minimum absolute atomic E-state index is 0.145. The highest BCUT2D eigenvalue weighted by atomic mass is 15.1. The van der Waals surface area contributed by atoms with Gasteiger partial charge in [0.2, 0.25) is 0 Å². The van der Waals surface area contributed by atoms with E-state index in [1.54, 1.807) is 0 Å². The van der Waals surface area contributed by atoms with Crippen LogP contribution in [0.1, 0.15) is 37.6 Å². The number of H-pyrrole nitrogens is 1. The van der Waals surface area contributed by atoms with Crippen molar-refractivity contribution in [2.45, 2.75) is 32.7 Å². The Kier molecular flexibility index (Phi) is 1.51. The molecule has 0 bridgehead atoms. The predicted octanol–water partition coefficient (Wildman–Crippen LogP) is 1.38. The summed E-state index contributed by atoms with van der Waals surface area (Å²) in [6, 6.07) is 0.145. The lowest BCUT2D eigenvalue weighted by atomic mass is 9.75. The summed E-state index contributed by atoms with van der Waals surface area (Å²) >= 11 is 0. The molecule has 0 radical (unpaired) electrons. The summed E-state index contributed by atoms with van der Waals surface area (Å²) in [5.74, 6) is 0. The maximum atomic E-state index is 6.00. The van der Waals surface area contributed by atoms with Crippen LogP contribution in [0, 0.1) is 5.41 Å². The average molecular weight is 165 g/mol. The highest BCUT2D eigenvalue weighted by Gasteiger charge is 2.31. The van der Waals surface area contributed by atoms with E-state index in [0.717, 1.165) is 18.5 Å². The zero-order valence-corrected chi connectivity index (χ0v) is 7.59. The second-order valence-electron chi connectivity index (χ2n) is 4.46. The Balaban J connectivity index is 2.38. The lowest BCUT2D eigenvalue weighted by Gasteiger charge is -2.32. The van der Waals surface area contributed by atoms with Crippen molar-refractivity contribution in [2.24, 2.45) is 11.1 Å². The van der Waals surface area contributed by atoms with Gasteiger partial charge in [-0.2, -0.15) is 5.10 Å². The zero-order valence-electron chi connectivity index (χ0n) is 7.59. The molecule has 1 heterocycles. The fourth-order valence-corrected chi connectivity index (χ4v) is 2.07. The van der Waals surface area contributed by atoms with Crippen LogP contribution in [0.4, 0.5) is 0 Å². The Labute approximate surface area is 72.4 Å². The van der Waals surface area contributed by atoms with Crippen LogP contribution in [0.15, 0.2) is 6.20 Å². The quantitative estimate of drug-likeness (QED) is 0.610. The Morgan fingerprint density at radius 1 is 1.67 bits per heavy atom. The molecular weight excluding hydrogens is 150 g/mol. The third-order valence-electron chi connectivity index (χ3n) is 2.56. The van der Waals surface area contributed by atoms with Crippen LogP contribution in [0.3, 0.4) is 0 Å². The van der Waals surface area contributed by atoms with Gasteiger partial charge in [0.1, 0.15) is 0 Å². The van der Waals surface area contributed by atoms with Gasteiger partial charge in [0.25, 0.3) is 0 Å². The van der Waals surface area contributed by atoms with Gasteiger partial charge in [0, 0.05) is 6.04 Å². The second kappa shape index (κ2) is 2.33. The van der Waals surface area contributed by atoms with Crippen LogP contribution in [0.5, 0.6) is 0 Å². The van der Waals surface area contributed by atoms with Crippen LogP contribution in [-0.2, 0) is 6.42 Å². The summed E-state index contributed by atoms with van der Waals surface area (Å²) in [7, 11) is 0. The molecule has 1 aliphatic rings. The Morgan fingerprint density at radius 3 is 3.17 bits per heavy atom. The lowest BCUT2D eigenvalue weighted by Crippen LogP contribution is -2.29. The first-order chi connectivity index (χ1) is 5.58. The van der Waals surface area contributed by atoms with E-state index in [4.69, 9.17) is 5.73 Å². The maximum absolute atomic E-state index is 6.00. The van der Waals surface area contributed by atoms with Gasteiger partial charge in [0.05, 0.1) is 11.9 Å². The second-order valence-corrected chi connectivity index (χ2v) is 4.46. The van der Waals surface area contributed by atoms with Crippen molar-refractivity contribution < 1.29 is 0 Å². The molecule has 3 N–H and O–H groups in total. The Hall–Kier alpha value is -0.830. The molecule has 0 amide bonds. The van der Waals surface area contributed by atoms with Crippen molar-refractivity contribution in [3.63, 3.8) is 0 Å². The number of rotatable bonds is 0. The van der Waals surface area contributed by atoms with Gasteiger partial charge in [-0.05, 0) is 23.8 Å². The molecule has 3 heteroatoms. The molecule has 0 aliphatic heterocycles. The van der Waals surface area contributed by atoms with E-state index in [1.165, 1.54) is 5.56 Å². The molecule has 2 rings (SSSR count). The maximum Gasteiger partial charge on any atom is 0.0551 e. The molecule has 0 aromatic carbocycles. The number of nitrogens with one attached hydrogen (secondary N) is 1. The standard InChI is InChI=1S/C9H15N3/c1-9(2)3-6-5-11-12-8(6)7(10)4-9/h5,7H,3-4,10H2,1-2H3,(H,11,12). The average Bonchev–Trinajstić information content (AvgIpc) is 2.31. The van der Waals surface area contributed by atoms with Gasteiger partial charge in [-0.15, -0.1) is 0 Å². The summed E-state index contributed by atoms with van der Waals surface area (Å²) in [6.07, 6.45) is 4.03. The van der Waals surface area contributed by atoms with Crippen molar-refractivity contribution in [3.8, 4) is 0 Å². The third kappa shape index (κ3) is 1.14. The van der Waals surface area contributed by atoms with Crippen molar-refractivity contribution in [2.75, 3.05) is 0 Å². The molecular formula is C9H15N3. The van der Waals surface area contributed by atoms with Crippen LogP contribution < -0.4 is 5.73 Å². The van der Waals surface area contributed by atoms with Crippen molar-refractivity contribution in [1.29, 1.82) is 0 Å². The van der Waals surface area contributed by atoms with Crippen molar-refractivity contribution in [1.82, 2.24) is 10.2 Å². The summed E-state index contributed by atoms with van der Waals surface area (Å²) < 4.78 is 0. The first kappa shape index (κ1) is 7.80. The van der Waals surface area contributed by atoms with Crippen molar-refractivity contribution in [3.05, 3.63) is 17.5 Å². The largest absolute Gasteiger partial charge is 0.323 e. The number of aromatic amines is 1. The number of hydrogen-bond acceptors (Lipinski definition) is 2. The molecule has 0 spiro atoms. The number of aromatic nitrogens is 2. The summed E-state index contributed by atoms with van der Waals surface area (Å²) in [4.78, 5) is 0. The highest BCUT2D eigenvalue weighted by molar-refractivity contribution is 5.24. The molecule has 3 nitrogen and oxygen atoms in total. The SMILES string of the molecule is CC1(C)Cc2cn[nH]c2C(N)C1. The molecule has 66 valence electrons. The first-order valence-electron chi connectivity index (χ1n) is 4.36. The normalized spacial score (nSPS) is 26.8. The minimum Gasteiger partial charge on any atom is -0.323 e. The monoisotopic (exact) mass is 165 g/mol. The van der Waals surface area contributed by atoms with Gasteiger partial charge in [-0.3, -0.25) is 5.10 Å². The Bertz CT molecular complexity index is 288. The van der Waals surface area contributed by atoms with Gasteiger partial charge in [-0.1, -0.05) is 13.8 Å². The lowest BCUT2D eigenvalue weighted by molar-refractivity contribution is 0.281. The highest BCUT2D eigenvalue weighted by Crippen LogP contribution is 2.38. The van der Waals surface area contributed by atoms with E-state index in [9.17, 15) is 0 Å². The molecule has 1 aliphatic carbocycles. The van der Waals surface area contributed by atoms with Gasteiger partial charge >= 0.3 is 0 Å². The van der Waals surface area contributed by atoms with Crippen LogP contribution in [0.2, 0.25) is 0 Å². The van der Waals surface area contributed by atoms with Gasteiger partial charge < -0.3 is 5.73 Å². The topological polar surface area (TPSA) is 54.7 Å². The van der Waals surface area contributed by atoms with E-state index in [2.05, 4.69) is 24.0 Å². The molecule has 12 heavy (non-hydrogen) atoms. The zero-order chi connectivity index (χ0) is 8.77. The number of nitrogens with two attached hydrogens (primary N) is 1. The van der Waals surface area contributed by atoms with E-state index < -0.39 is 0 Å². The smallest absolute Gasteiger partial charge is 0.0551 e. The van der Waals surface area contributed by atoms with Crippen LogP contribution >= 0.6 is 0 Å². The van der Waals surface area contributed by atoms with Gasteiger partial charge in [0.15, 0.2) is 0 Å². The van der Waals surface area contributed by atoms with E-state index in [0.29, 0.717) is 5.41 Å². The number of nitrogens with zero attached hydrogens (tertiary/aromatic N) is 1. The molecule has 1 aromatic rings. The minimum atomic E-state index is 0.145. The summed E-state index contributed by atoms with van der Waals surface area (Å²) in [6.45, 7) is 4.51. The molecule has 1 unspecified atom stereocenters. The third-order valence-corrected chi connectivity index (χ3v) is 2.56. The predicted molar refractivity (Wildman–Crippen MR) is 47.6 cm³/mol. The van der Waals surface area contributed by atoms with E-state index in [-0.39, 0.29) is 6.04 Å². The molecule has 0 saturated carbocycles. The van der Waals surface area contributed by atoms with Crippen LogP contribution in [0.25, 0.3) is 0 Å². The van der Waals surface area contributed by atoms with Gasteiger partial charge in [-0.25, -0.2) is 0 Å². The van der Waals surface area contributed by atoms with Crippen LogP contribution in [-0.4, -0.2) is 10.2 Å². The van der Waals surface area contributed by atoms with E-state index in [1.807, 2.05) is 6.20 Å². The molecule has 0 saturated heterocycles. The molecule has 0 fully saturated rings. The fraction of sp³-hybridized carbons (Fsp3) is 0.667. The Morgan fingerprint density at radius 2 is 2.42 bits per heavy atom.